The second kappa shape index (κ2) is 7.27. The van der Waals surface area contributed by atoms with Gasteiger partial charge in [-0.05, 0) is 50.1 Å². The summed E-state index contributed by atoms with van der Waals surface area (Å²) < 4.78 is 5.34. The Hall–Kier alpha value is -3.08. The number of rotatable bonds is 4. The first-order chi connectivity index (χ1) is 12.8. The Balaban J connectivity index is 1.96. The molecule has 2 aromatic carbocycles. The van der Waals surface area contributed by atoms with E-state index in [-0.39, 0.29) is 17.2 Å². The lowest BCUT2D eigenvalue weighted by Gasteiger charge is -2.35. The van der Waals surface area contributed by atoms with Gasteiger partial charge in [-0.25, -0.2) is 0 Å². The molecular weight excluding hydrogens is 340 g/mol. The SMILES string of the molecule is CNC(=O)c1ccc(C(=O)/C=C2\NC(C)(C)Cc3ccc(OC)cc32)cc1. The van der Waals surface area contributed by atoms with E-state index in [1.165, 1.54) is 5.56 Å². The van der Waals surface area contributed by atoms with Crippen molar-refractivity contribution in [3.05, 3.63) is 70.8 Å². The molecule has 0 radical (unpaired) electrons. The van der Waals surface area contributed by atoms with Crippen LogP contribution in [-0.4, -0.2) is 31.4 Å². The van der Waals surface area contributed by atoms with E-state index in [0.29, 0.717) is 11.1 Å². The van der Waals surface area contributed by atoms with Crippen molar-refractivity contribution in [1.82, 2.24) is 10.6 Å². The van der Waals surface area contributed by atoms with Crippen molar-refractivity contribution in [3.8, 4) is 5.75 Å². The lowest BCUT2D eigenvalue weighted by Crippen LogP contribution is -2.43. The van der Waals surface area contributed by atoms with Gasteiger partial charge in [0.2, 0.25) is 0 Å². The topological polar surface area (TPSA) is 67.4 Å². The summed E-state index contributed by atoms with van der Waals surface area (Å²) in [6.07, 6.45) is 2.48. The standard InChI is InChI=1S/C22H24N2O3/c1-22(2)13-16-9-10-17(27-4)11-18(16)19(24-22)12-20(25)14-5-7-15(8-6-14)21(26)23-3/h5-12,24H,13H2,1-4H3,(H,23,26)/b19-12-. The van der Waals surface area contributed by atoms with Gasteiger partial charge in [0.25, 0.3) is 5.91 Å². The number of carbonyl (C=O) groups excluding carboxylic acids is 2. The van der Waals surface area contributed by atoms with Gasteiger partial charge in [0.1, 0.15) is 5.75 Å². The minimum atomic E-state index is -0.177. The first-order valence-corrected chi connectivity index (χ1v) is 8.86. The molecule has 2 aromatic rings. The Bertz CT molecular complexity index is 912. The third-order valence-corrected chi connectivity index (χ3v) is 4.65. The van der Waals surface area contributed by atoms with Crippen LogP contribution in [0.4, 0.5) is 0 Å². The van der Waals surface area contributed by atoms with Crippen LogP contribution in [0.1, 0.15) is 45.7 Å². The van der Waals surface area contributed by atoms with Crippen LogP contribution in [0.2, 0.25) is 0 Å². The highest BCUT2D eigenvalue weighted by atomic mass is 16.5. The highest BCUT2D eigenvalue weighted by molar-refractivity contribution is 6.09. The molecule has 140 valence electrons. The number of hydrogen-bond acceptors (Lipinski definition) is 4. The summed E-state index contributed by atoms with van der Waals surface area (Å²) in [5, 5.41) is 6.03. The Kier molecular flexibility index (Phi) is 5.04. The molecule has 27 heavy (non-hydrogen) atoms. The first kappa shape index (κ1) is 18.7. The smallest absolute Gasteiger partial charge is 0.251 e. The van der Waals surface area contributed by atoms with Crippen molar-refractivity contribution in [3.63, 3.8) is 0 Å². The number of allylic oxidation sites excluding steroid dienone is 1. The second-order valence-electron chi connectivity index (χ2n) is 7.29. The molecule has 1 amide bonds. The highest BCUT2D eigenvalue weighted by Gasteiger charge is 2.28. The third-order valence-electron chi connectivity index (χ3n) is 4.65. The number of nitrogens with one attached hydrogen (secondary N) is 2. The van der Waals surface area contributed by atoms with Crippen LogP contribution in [0.15, 0.2) is 48.5 Å². The molecule has 0 atom stereocenters. The molecule has 5 heteroatoms. The highest BCUT2D eigenvalue weighted by Crippen LogP contribution is 2.32. The van der Waals surface area contributed by atoms with Gasteiger partial charge in [0.05, 0.1) is 7.11 Å². The van der Waals surface area contributed by atoms with Gasteiger partial charge in [-0.1, -0.05) is 18.2 Å². The van der Waals surface area contributed by atoms with Crippen LogP contribution in [0, 0.1) is 0 Å². The van der Waals surface area contributed by atoms with Crippen LogP contribution in [0.5, 0.6) is 5.75 Å². The fourth-order valence-corrected chi connectivity index (χ4v) is 3.30. The first-order valence-electron chi connectivity index (χ1n) is 8.86. The van der Waals surface area contributed by atoms with Crippen LogP contribution in [-0.2, 0) is 6.42 Å². The van der Waals surface area contributed by atoms with Crippen molar-refractivity contribution in [2.75, 3.05) is 14.2 Å². The van der Waals surface area contributed by atoms with E-state index in [2.05, 4.69) is 24.5 Å². The van der Waals surface area contributed by atoms with E-state index in [4.69, 9.17) is 4.74 Å². The molecule has 1 aliphatic rings. The molecule has 0 aromatic heterocycles. The van der Waals surface area contributed by atoms with E-state index in [1.54, 1.807) is 44.5 Å². The van der Waals surface area contributed by atoms with Gasteiger partial charge in [-0.3, -0.25) is 9.59 Å². The summed E-state index contributed by atoms with van der Waals surface area (Å²) in [4.78, 5) is 24.4. The Labute approximate surface area is 159 Å². The summed E-state index contributed by atoms with van der Waals surface area (Å²) in [5.41, 5.74) is 3.83. The predicted octanol–water partition coefficient (Wildman–Crippen LogP) is 3.20. The predicted molar refractivity (Wildman–Crippen MR) is 106 cm³/mol. The molecule has 2 N–H and O–H groups in total. The molecular formula is C22H24N2O3. The number of amides is 1. The van der Waals surface area contributed by atoms with Gasteiger partial charge in [-0.15, -0.1) is 0 Å². The fourth-order valence-electron chi connectivity index (χ4n) is 3.30. The number of ketones is 1. The monoisotopic (exact) mass is 364 g/mol. The molecule has 0 unspecified atom stereocenters. The molecule has 0 saturated carbocycles. The number of hydrogen-bond donors (Lipinski definition) is 2. The Morgan fingerprint density at radius 3 is 2.41 bits per heavy atom. The zero-order valence-corrected chi connectivity index (χ0v) is 16.1. The van der Waals surface area contributed by atoms with Gasteiger partial charge in [0.15, 0.2) is 5.78 Å². The van der Waals surface area contributed by atoms with E-state index in [9.17, 15) is 9.59 Å². The number of benzene rings is 2. The second-order valence-corrected chi connectivity index (χ2v) is 7.29. The molecule has 0 bridgehead atoms. The number of carbonyl (C=O) groups is 2. The summed E-state index contributed by atoms with van der Waals surface area (Å²) in [5.74, 6) is 0.458. The average Bonchev–Trinajstić information content (AvgIpc) is 2.66. The van der Waals surface area contributed by atoms with Crippen molar-refractivity contribution in [1.29, 1.82) is 0 Å². The van der Waals surface area contributed by atoms with Crippen LogP contribution in [0.25, 0.3) is 5.70 Å². The molecule has 3 rings (SSSR count). The summed E-state index contributed by atoms with van der Waals surface area (Å²) in [7, 11) is 3.21. The fraction of sp³-hybridized carbons (Fsp3) is 0.273. The molecule has 0 saturated heterocycles. The van der Waals surface area contributed by atoms with E-state index in [1.807, 2.05) is 18.2 Å². The maximum atomic E-state index is 12.8. The summed E-state index contributed by atoms with van der Waals surface area (Å²) in [6.45, 7) is 4.22. The van der Waals surface area contributed by atoms with Gasteiger partial charge >= 0.3 is 0 Å². The van der Waals surface area contributed by atoms with Crippen LogP contribution >= 0.6 is 0 Å². The molecule has 0 spiro atoms. The lowest BCUT2D eigenvalue weighted by atomic mass is 9.85. The third kappa shape index (κ3) is 4.03. The summed E-state index contributed by atoms with van der Waals surface area (Å²) >= 11 is 0. The molecule has 1 aliphatic heterocycles. The summed E-state index contributed by atoms with van der Waals surface area (Å²) in [6, 6.07) is 12.6. The van der Waals surface area contributed by atoms with E-state index in [0.717, 1.165) is 23.4 Å². The quantitative estimate of drug-likeness (QED) is 0.646. The van der Waals surface area contributed by atoms with Crippen molar-refractivity contribution < 1.29 is 14.3 Å². The largest absolute Gasteiger partial charge is 0.497 e. The van der Waals surface area contributed by atoms with Crippen LogP contribution < -0.4 is 15.4 Å². The Morgan fingerprint density at radius 2 is 1.78 bits per heavy atom. The van der Waals surface area contributed by atoms with Gasteiger partial charge < -0.3 is 15.4 Å². The Morgan fingerprint density at radius 1 is 1.11 bits per heavy atom. The number of methoxy groups -OCH3 is 1. The van der Waals surface area contributed by atoms with E-state index < -0.39 is 0 Å². The maximum Gasteiger partial charge on any atom is 0.251 e. The minimum Gasteiger partial charge on any atom is -0.497 e. The van der Waals surface area contributed by atoms with E-state index >= 15 is 0 Å². The molecule has 0 fully saturated rings. The molecule has 5 nitrogen and oxygen atoms in total. The van der Waals surface area contributed by atoms with Gasteiger partial charge in [0, 0.05) is 41.1 Å². The van der Waals surface area contributed by atoms with Crippen molar-refractivity contribution >= 4 is 17.4 Å². The number of ether oxygens (including phenoxy) is 1. The molecule has 0 aliphatic carbocycles. The van der Waals surface area contributed by atoms with Crippen LogP contribution in [0.3, 0.4) is 0 Å². The minimum absolute atomic E-state index is 0.118. The lowest BCUT2D eigenvalue weighted by molar-refractivity contribution is 0.0961. The van der Waals surface area contributed by atoms with Crippen molar-refractivity contribution in [2.24, 2.45) is 0 Å². The number of fused-ring (bicyclic) bond motifs is 1. The average molecular weight is 364 g/mol. The van der Waals surface area contributed by atoms with Crippen molar-refractivity contribution in [2.45, 2.75) is 25.8 Å². The zero-order chi connectivity index (χ0) is 19.6. The maximum absolute atomic E-state index is 12.8. The van der Waals surface area contributed by atoms with Gasteiger partial charge in [-0.2, -0.15) is 0 Å². The normalized spacial score (nSPS) is 16.2. The zero-order valence-electron chi connectivity index (χ0n) is 16.1. The molecule has 1 heterocycles.